The Morgan fingerprint density at radius 3 is 2.72 bits per heavy atom. The molecule has 0 radical (unpaired) electrons. The second-order valence-corrected chi connectivity index (χ2v) is 8.20. The lowest BCUT2D eigenvalue weighted by Gasteiger charge is -2.26. The highest BCUT2D eigenvalue weighted by Gasteiger charge is 2.23. The maximum absolute atomic E-state index is 12.2. The number of H-pyrrole nitrogens is 1. The lowest BCUT2D eigenvalue weighted by molar-refractivity contribution is -0.116. The highest BCUT2D eigenvalue weighted by molar-refractivity contribution is 5.91. The summed E-state index contributed by atoms with van der Waals surface area (Å²) in [6.45, 7) is 8.15. The number of anilines is 1. The maximum Gasteiger partial charge on any atom is 0.407 e. The molecule has 8 heteroatoms. The molecule has 0 saturated carbocycles. The molecular formula is C21H29N5O3. The SMILES string of the molecule is CC(C)(C)OC(=O)NCCC(=O)Nc1n[nH]c2c1CCN(Cc1ccccc1)C2. The van der Waals surface area contributed by atoms with Gasteiger partial charge in [0.05, 0.1) is 5.69 Å². The van der Waals surface area contributed by atoms with E-state index in [2.05, 4.69) is 37.9 Å². The molecule has 0 saturated heterocycles. The average Bonchev–Trinajstić information content (AvgIpc) is 3.03. The fraction of sp³-hybridized carbons (Fsp3) is 0.476. The molecule has 3 N–H and O–H groups in total. The summed E-state index contributed by atoms with van der Waals surface area (Å²) < 4.78 is 5.15. The van der Waals surface area contributed by atoms with Gasteiger partial charge >= 0.3 is 6.09 Å². The van der Waals surface area contributed by atoms with E-state index >= 15 is 0 Å². The molecule has 1 aliphatic heterocycles. The Bertz CT molecular complexity index is 842. The van der Waals surface area contributed by atoms with Crippen molar-refractivity contribution in [1.82, 2.24) is 20.4 Å². The molecule has 0 unspecified atom stereocenters. The third-order valence-electron chi connectivity index (χ3n) is 4.54. The lowest BCUT2D eigenvalue weighted by atomic mass is 10.1. The van der Waals surface area contributed by atoms with E-state index < -0.39 is 11.7 Å². The van der Waals surface area contributed by atoms with Gasteiger partial charge in [-0.3, -0.25) is 14.8 Å². The van der Waals surface area contributed by atoms with Crippen molar-refractivity contribution in [3.05, 3.63) is 47.2 Å². The Morgan fingerprint density at radius 2 is 2.00 bits per heavy atom. The molecule has 8 nitrogen and oxygen atoms in total. The summed E-state index contributed by atoms with van der Waals surface area (Å²) in [7, 11) is 0. The average molecular weight is 399 g/mol. The fourth-order valence-corrected chi connectivity index (χ4v) is 3.24. The standard InChI is InChI=1S/C21H29N5O3/c1-21(2,3)29-20(28)22-11-9-18(27)23-19-16-10-12-26(14-17(16)24-25-19)13-15-7-5-4-6-8-15/h4-8H,9-14H2,1-3H3,(H,22,28)(H2,23,24,25,27). The molecule has 29 heavy (non-hydrogen) atoms. The van der Waals surface area contributed by atoms with E-state index in [4.69, 9.17) is 4.74 Å². The second-order valence-electron chi connectivity index (χ2n) is 8.20. The van der Waals surface area contributed by atoms with Gasteiger partial charge in [0.1, 0.15) is 5.60 Å². The van der Waals surface area contributed by atoms with Crippen LogP contribution in [0, 0.1) is 0 Å². The molecule has 0 aliphatic carbocycles. The first-order valence-corrected chi connectivity index (χ1v) is 9.89. The van der Waals surface area contributed by atoms with Crippen LogP contribution in [0.25, 0.3) is 0 Å². The smallest absolute Gasteiger partial charge is 0.407 e. The van der Waals surface area contributed by atoms with Crippen LogP contribution >= 0.6 is 0 Å². The second kappa shape index (κ2) is 9.09. The fourth-order valence-electron chi connectivity index (χ4n) is 3.24. The molecule has 0 spiro atoms. The van der Waals surface area contributed by atoms with Gasteiger partial charge in [-0.1, -0.05) is 30.3 Å². The zero-order valence-corrected chi connectivity index (χ0v) is 17.2. The van der Waals surface area contributed by atoms with Crippen LogP contribution < -0.4 is 10.6 Å². The van der Waals surface area contributed by atoms with E-state index in [-0.39, 0.29) is 18.9 Å². The van der Waals surface area contributed by atoms with Gasteiger partial charge < -0.3 is 15.4 Å². The summed E-state index contributed by atoms with van der Waals surface area (Å²) in [5.41, 5.74) is 2.81. The van der Waals surface area contributed by atoms with Crippen molar-refractivity contribution in [1.29, 1.82) is 0 Å². The van der Waals surface area contributed by atoms with Gasteiger partial charge in [-0.25, -0.2) is 4.79 Å². The van der Waals surface area contributed by atoms with Crippen molar-refractivity contribution in [3.63, 3.8) is 0 Å². The van der Waals surface area contributed by atoms with E-state index in [0.29, 0.717) is 5.82 Å². The van der Waals surface area contributed by atoms with Crippen LogP contribution in [0.3, 0.4) is 0 Å². The van der Waals surface area contributed by atoms with E-state index in [1.54, 1.807) is 20.8 Å². The molecule has 0 fully saturated rings. The third-order valence-corrected chi connectivity index (χ3v) is 4.54. The lowest BCUT2D eigenvalue weighted by Crippen LogP contribution is -2.34. The first-order valence-electron chi connectivity index (χ1n) is 9.89. The molecule has 3 rings (SSSR count). The number of carbonyl (C=O) groups is 2. The van der Waals surface area contributed by atoms with Crippen molar-refractivity contribution in [2.45, 2.75) is 52.3 Å². The molecule has 0 bridgehead atoms. The van der Waals surface area contributed by atoms with Gasteiger partial charge in [0, 0.05) is 38.2 Å². The van der Waals surface area contributed by atoms with Crippen molar-refractivity contribution < 1.29 is 14.3 Å². The minimum atomic E-state index is -0.561. The van der Waals surface area contributed by atoms with Crippen LogP contribution in [0.2, 0.25) is 0 Å². The molecule has 1 aliphatic rings. The van der Waals surface area contributed by atoms with Gasteiger partial charge in [0.15, 0.2) is 5.82 Å². The predicted octanol–water partition coefficient (Wildman–Crippen LogP) is 2.82. The quantitative estimate of drug-likeness (QED) is 0.694. The van der Waals surface area contributed by atoms with E-state index in [1.807, 2.05) is 18.2 Å². The number of benzene rings is 1. The molecular weight excluding hydrogens is 370 g/mol. The molecule has 1 aromatic heterocycles. The van der Waals surface area contributed by atoms with Crippen molar-refractivity contribution in [3.8, 4) is 0 Å². The molecule has 156 valence electrons. The number of ether oxygens (including phenoxy) is 1. The number of nitrogens with one attached hydrogen (secondary N) is 3. The van der Waals surface area contributed by atoms with Crippen molar-refractivity contribution in [2.75, 3.05) is 18.4 Å². The highest BCUT2D eigenvalue weighted by Crippen LogP contribution is 2.24. The zero-order chi connectivity index (χ0) is 20.9. The van der Waals surface area contributed by atoms with Gasteiger partial charge in [-0.05, 0) is 32.8 Å². The minimum Gasteiger partial charge on any atom is -0.444 e. The highest BCUT2D eigenvalue weighted by atomic mass is 16.6. The first kappa shape index (κ1) is 20.9. The third kappa shape index (κ3) is 6.32. The van der Waals surface area contributed by atoms with E-state index in [9.17, 15) is 9.59 Å². The number of rotatable bonds is 6. The number of aromatic amines is 1. The Labute approximate surface area is 171 Å². The summed E-state index contributed by atoms with van der Waals surface area (Å²) in [6.07, 6.45) is 0.451. The molecule has 0 atom stereocenters. The van der Waals surface area contributed by atoms with Crippen LogP contribution in [0.1, 0.15) is 44.0 Å². The monoisotopic (exact) mass is 399 g/mol. The number of fused-ring (bicyclic) bond motifs is 1. The summed E-state index contributed by atoms with van der Waals surface area (Å²) in [5, 5.41) is 12.8. The molecule has 1 aromatic carbocycles. The van der Waals surface area contributed by atoms with Crippen LogP contribution in [0.15, 0.2) is 30.3 Å². The van der Waals surface area contributed by atoms with E-state index in [1.165, 1.54) is 5.56 Å². The Morgan fingerprint density at radius 1 is 1.24 bits per heavy atom. The number of aromatic nitrogens is 2. The summed E-state index contributed by atoms with van der Waals surface area (Å²) in [4.78, 5) is 26.2. The number of hydrogen-bond acceptors (Lipinski definition) is 5. The number of carbonyl (C=O) groups excluding carboxylic acids is 2. The Hall–Kier alpha value is -2.87. The van der Waals surface area contributed by atoms with Crippen molar-refractivity contribution >= 4 is 17.8 Å². The van der Waals surface area contributed by atoms with Crippen LogP contribution in [0.5, 0.6) is 0 Å². The zero-order valence-electron chi connectivity index (χ0n) is 17.2. The Balaban J connectivity index is 1.46. The number of nitrogens with zero attached hydrogens (tertiary/aromatic N) is 2. The molecule has 2 heterocycles. The number of amides is 2. The van der Waals surface area contributed by atoms with Gasteiger partial charge in [-0.2, -0.15) is 5.10 Å². The number of alkyl carbamates (subject to hydrolysis) is 1. The predicted molar refractivity (Wildman–Crippen MR) is 110 cm³/mol. The first-order chi connectivity index (χ1) is 13.8. The topological polar surface area (TPSA) is 99.3 Å². The maximum atomic E-state index is 12.2. The molecule has 2 amide bonds. The van der Waals surface area contributed by atoms with Crippen LogP contribution in [-0.4, -0.2) is 45.8 Å². The molecule has 2 aromatic rings. The largest absolute Gasteiger partial charge is 0.444 e. The van der Waals surface area contributed by atoms with Crippen LogP contribution in [0.4, 0.5) is 10.6 Å². The normalized spacial score (nSPS) is 14.2. The Kier molecular flexibility index (Phi) is 6.53. The minimum absolute atomic E-state index is 0.154. The summed E-state index contributed by atoms with van der Waals surface area (Å²) in [6, 6.07) is 10.4. The van der Waals surface area contributed by atoms with Gasteiger partial charge in [0.25, 0.3) is 0 Å². The van der Waals surface area contributed by atoms with E-state index in [0.717, 1.165) is 37.3 Å². The number of hydrogen-bond donors (Lipinski definition) is 3. The summed E-state index contributed by atoms with van der Waals surface area (Å²) >= 11 is 0. The van der Waals surface area contributed by atoms with Gasteiger partial charge in [0.2, 0.25) is 5.91 Å². The van der Waals surface area contributed by atoms with Crippen LogP contribution in [-0.2, 0) is 29.0 Å². The van der Waals surface area contributed by atoms with Crippen molar-refractivity contribution in [2.24, 2.45) is 0 Å². The van der Waals surface area contributed by atoms with Gasteiger partial charge in [-0.15, -0.1) is 0 Å². The summed E-state index contributed by atoms with van der Waals surface area (Å²) in [5.74, 6) is 0.392.